The van der Waals surface area contributed by atoms with E-state index in [4.69, 9.17) is 14.6 Å². The van der Waals surface area contributed by atoms with E-state index in [1.54, 1.807) is 13.8 Å². The molecule has 1 amide bonds. The summed E-state index contributed by atoms with van der Waals surface area (Å²) >= 11 is 0. The lowest BCUT2D eigenvalue weighted by Crippen LogP contribution is -2.41. The maximum absolute atomic E-state index is 11.9. The minimum atomic E-state index is -0.993. The topological polar surface area (TPSA) is 76.1 Å². The van der Waals surface area contributed by atoms with Crippen LogP contribution < -0.4 is 0 Å². The molecule has 0 unspecified atom stereocenters. The maximum Gasteiger partial charge on any atom is 0.323 e. The molecule has 1 N–H and O–H groups in total. The van der Waals surface area contributed by atoms with Crippen molar-refractivity contribution < 1.29 is 24.2 Å². The van der Waals surface area contributed by atoms with E-state index in [2.05, 4.69) is 0 Å². The van der Waals surface area contributed by atoms with Crippen molar-refractivity contribution in [2.45, 2.75) is 45.3 Å². The van der Waals surface area contributed by atoms with Crippen LogP contribution in [0.3, 0.4) is 0 Å². The Hall–Kier alpha value is -1.14. The summed E-state index contributed by atoms with van der Waals surface area (Å²) < 4.78 is 10.8. The number of hydrogen-bond donors (Lipinski definition) is 1. The lowest BCUT2D eigenvalue weighted by molar-refractivity contribution is -0.146. The molecule has 6 nitrogen and oxygen atoms in total. The first-order chi connectivity index (χ1) is 9.00. The van der Waals surface area contributed by atoms with E-state index in [0.717, 1.165) is 12.8 Å². The summed E-state index contributed by atoms with van der Waals surface area (Å²) in [6.07, 6.45) is 2.10. The van der Waals surface area contributed by atoms with Crippen LogP contribution in [0.25, 0.3) is 0 Å². The molecule has 0 aromatic heterocycles. The molecule has 0 aromatic carbocycles. The Morgan fingerprint density at radius 1 is 1.37 bits per heavy atom. The van der Waals surface area contributed by atoms with Gasteiger partial charge in [0.05, 0.1) is 19.1 Å². The minimum absolute atomic E-state index is 0.119. The lowest BCUT2D eigenvalue weighted by atomic mass is 10.1. The summed E-state index contributed by atoms with van der Waals surface area (Å²) in [6, 6.07) is -0.119. The highest BCUT2D eigenvalue weighted by molar-refractivity contribution is 5.81. The fraction of sp³-hybridized carbons (Fsp3) is 0.846. The fourth-order valence-corrected chi connectivity index (χ4v) is 2.00. The van der Waals surface area contributed by atoms with E-state index in [0.29, 0.717) is 19.8 Å². The number of ether oxygens (including phenoxy) is 2. The van der Waals surface area contributed by atoms with Crippen molar-refractivity contribution >= 4 is 11.9 Å². The number of aliphatic carboxylic acids is 1. The number of carboxylic acid groups (broad SMARTS) is 1. The van der Waals surface area contributed by atoms with E-state index in [-0.39, 0.29) is 31.0 Å². The number of rotatable bonds is 7. The molecule has 0 atom stereocenters. The summed E-state index contributed by atoms with van der Waals surface area (Å²) in [6.45, 7) is 5.10. The molecule has 0 saturated carbocycles. The molecule has 0 aliphatic carbocycles. The Kier molecular flexibility index (Phi) is 6.80. The van der Waals surface area contributed by atoms with Gasteiger partial charge in [-0.3, -0.25) is 9.59 Å². The van der Waals surface area contributed by atoms with Crippen molar-refractivity contribution in [2.75, 3.05) is 26.4 Å². The van der Waals surface area contributed by atoms with E-state index >= 15 is 0 Å². The Bertz CT molecular complexity index is 299. The monoisotopic (exact) mass is 273 g/mol. The number of nitrogens with zero attached hydrogens (tertiary/aromatic N) is 1. The smallest absolute Gasteiger partial charge is 0.323 e. The first-order valence-electron chi connectivity index (χ1n) is 6.71. The van der Waals surface area contributed by atoms with Crippen LogP contribution in [0.2, 0.25) is 0 Å². The van der Waals surface area contributed by atoms with Crippen LogP contribution in [-0.2, 0) is 19.1 Å². The molecule has 0 bridgehead atoms. The molecule has 110 valence electrons. The molecule has 1 heterocycles. The molecule has 1 aliphatic rings. The Morgan fingerprint density at radius 3 is 2.53 bits per heavy atom. The van der Waals surface area contributed by atoms with Crippen LogP contribution in [0.5, 0.6) is 0 Å². The largest absolute Gasteiger partial charge is 0.480 e. The van der Waals surface area contributed by atoms with Gasteiger partial charge < -0.3 is 19.5 Å². The molecule has 1 fully saturated rings. The predicted octanol–water partition coefficient (Wildman–Crippen LogP) is 0.894. The molecule has 1 saturated heterocycles. The highest BCUT2D eigenvalue weighted by atomic mass is 16.5. The second-order valence-electron chi connectivity index (χ2n) is 4.94. The Morgan fingerprint density at radius 2 is 2.00 bits per heavy atom. The van der Waals surface area contributed by atoms with Crippen LogP contribution >= 0.6 is 0 Å². The number of hydrogen-bond acceptors (Lipinski definition) is 4. The number of carbonyl (C=O) groups excluding carboxylic acids is 1. The number of carboxylic acids is 1. The third-order valence-corrected chi connectivity index (χ3v) is 3.09. The summed E-state index contributed by atoms with van der Waals surface area (Å²) in [5, 5.41) is 8.77. The zero-order valence-corrected chi connectivity index (χ0v) is 11.6. The maximum atomic E-state index is 11.9. The van der Waals surface area contributed by atoms with Crippen molar-refractivity contribution in [1.82, 2.24) is 4.90 Å². The van der Waals surface area contributed by atoms with Gasteiger partial charge in [0, 0.05) is 19.3 Å². The highest BCUT2D eigenvalue weighted by Gasteiger charge is 2.20. The predicted molar refractivity (Wildman–Crippen MR) is 68.9 cm³/mol. The molecule has 0 radical (unpaired) electrons. The molecule has 0 aromatic rings. The summed E-state index contributed by atoms with van der Waals surface area (Å²) in [5.41, 5.74) is 0. The van der Waals surface area contributed by atoms with Crippen molar-refractivity contribution in [2.24, 2.45) is 0 Å². The summed E-state index contributed by atoms with van der Waals surface area (Å²) in [5.74, 6) is -1.17. The molecule has 19 heavy (non-hydrogen) atoms. The fourth-order valence-electron chi connectivity index (χ4n) is 2.00. The lowest BCUT2D eigenvalue weighted by Gasteiger charge is -2.26. The van der Waals surface area contributed by atoms with Crippen molar-refractivity contribution in [3.8, 4) is 0 Å². The van der Waals surface area contributed by atoms with Gasteiger partial charge in [-0.25, -0.2) is 0 Å². The van der Waals surface area contributed by atoms with Gasteiger partial charge in [-0.05, 0) is 26.7 Å². The standard InChI is InChI=1S/C13H23NO5/c1-10(2)14(9-13(16)17)12(15)5-8-19-11-3-6-18-7-4-11/h10-11H,3-9H2,1-2H3,(H,16,17). The Balaban J connectivity index is 2.29. The molecule has 1 aliphatic heterocycles. The van der Waals surface area contributed by atoms with Crippen LogP contribution in [0.15, 0.2) is 0 Å². The van der Waals surface area contributed by atoms with Gasteiger partial charge in [0.1, 0.15) is 6.54 Å². The van der Waals surface area contributed by atoms with Crippen molar-refractivity contribution in [3.05, 3.63) is 0 Å². The average molecular weight is 273 g/mol. The van der Waals surface area contributed by atoms with E-state index in [9.17, 15) is 9.59 Å². The van der Waals surface area contributed by atoms with Gasteiger partial charge in [0.15, 0.2) is 0 Å². The van der Waals surface area contributed by atoms with Crippen LogP contribution in [0, 0.1) is 0 Å². The molecule has 1 rings (SSSR count). The van der Waals surface area contributed by atoms with Gasteiger partial charge in [-0.2, -0.15) is 0 Å². The van der Waals surface area contributed by atoms with E-state index in [1.807, 2.05) is 0 Å². The average Bonchev–Trinajstić information content (AvgIpc) is 2.36. The summed E-state index contributed by atoms with van der Waals surface area (Å²) in [4.78, 5) is 24.0. The Labute approximate surface area is 113 Å². The third kappa shape index (κ3) is 6.02. The molecule has 0 spiro atoms. The van der Waals surface area contributed by atoms with Gasteiger partial charge in [-0.1, -0.05) is 0 Å². The summed E-state index contributed by atoms with van der Waals surface area (Å²) in [7, 11) is 0. The van der Waals surface area contributed by atoms with Crippen LogP contribution in [0.4, 0.5) is 0 Å². The van der Waals surface area contributed by atoms with Crippen LogP contribution in [-0.4, -0.2) is 60.4 Å². The normalized spacial score (nSPS) is 16.6. The minimum Gasteiger partial charge on any atom is -0.480 e. The first-order valence-corrected chi connectivity index (χ1v) is 6.71. The SMILES string of the molecule is CC(C)N(CC(=O)O)C(=O)CCOC1CCOCC1. The second-order valence-corrected chi connectivity index (χ2v) is 4.94. The van der Waals surface area contributed by atoms with Gasteiger partial charge in [0.25, 0.3) is 0 Å². The zero-order chi connectivity index (χ0) is 14.3. The third-order valence-electron chi connectivity index (χ3n) is 3.09. The van der Waals surface area contributed by atoms with E-state index in [1.165, 1.54) is 4.90 Å². The van der Waals surface area contributed by atoms with E-state index < -0.39 is 5.97 Å². The second kappa shape index (κ2) is 8.12. The number of amides is 1. The van der Waals surface area contributed by atoms with Crippen molar-refractivity contribution in [3.63, 3.8) is 0 Å². The van der Waals surface area contributed by atoms with Crippen molar-refractivity contribution in [1.29, 1.82) is 0 Å². The molecular formula is C13H23NO5. The zero-order valence-electron chi connectivity index (χ0n) is 11.6. The van der Waals surface area contributed by atoms with Gasteiger partial charge in [-0.15, -0.1) is 0 Å². The molecule has 6 heteroatoms. The van der Waals surface area contributed by atoms with Crippen LogP contribution in [0.1, 0.15) is 33.1 Å². The van der Waals surface area contributed by atoms with Gasteiger partial charge in [0.2, 0.25) is 5.91 Å². The highest BCUT2D eigenvalue weighted by Crippen LogP contribution is 2.11. The first kappa shape index (κ1) is 15.9. The van der Waals surface area contributed by atoms with Gasteiger partial charge >= 0.3 is 5.97 Å². The quantitative estimate of drug-likeness (QED) is 0.745. The molecular weight excluding hydrogens is 250 g/mol. The number of carbonyl (C=O) groups is 2.